The first-order valence-corrected chi connectivity index (χ1v) is 8.48. The summed E-state index contributed by atoms with van der Waals surface area (Å²) in [5.41, 5.74) is -1.43. The fraction of sp³-hybridized carbons (Fsp3) is 0.375. The van der Waals surface area contributed by atoms with Gasteiger partial charge in [0.1, 0.15) is 5.69 Å². The molecule has 0 N–H and O–H groups in total. The highest BCUT2D eigenvalue weighted by molar-refractivity contribution is 6.31. The van der Waals surface area contributed by atoms with Crippen molar-refractivity contribution in [2.75, 3.05) is 31.1 Å². The van der Waals surface area contributed by atoms with Gasteiger partial charge in [-0.2, -0.15) is 13.2 Å². The molecule has 12 heteroatoms. The number of amides is 1. The number of hydrogen-bond donors (Lipinski definition) is 0. The molecule has 0 bridgehead atoms. The highest BCUT2D eigenvalue weighted by Gasteiger charge is 2.37. The number of alkyl halides is 3. The molecular formula is C16H14ClF3N4O4. The minimum Gasteiger partial charge on any atom is -0.362 e. The Morgan fingerprint density at radius 1 is 1.25 bits per heavy atom. The lowest BCUT2D eigenvalue weighted by Gasteiger charge is -2.35. The van der Waals surface area contributed by atoms with E-state index in [1.54, 1.807) is 6.92 Å². The minimum atomic E-state index is -4.80. The van der Waals surface area contributed by atoms with Crippen LogP contribution in [0.25, 0.3) is 0 Å². The van der Waals surface area contributed by atoms with Gasteiger partial charge in [0.05, 0.1) is 21.2 Å². The number of nitrogens with zero attached hydrogens (tertiary/aromatic N) is 4. The molecule has 1 saturated heterocycles. The first kappa shape index (κ1) is 19.9. The molecular weight excluding hydrogens is 405 g/mol. The van der Waals surface area contributed by atoms with Crippen LogP contribution in [-0.4, -0.2) is 47.1 Å². The lowest BCUT2D eigenvalue weighted by Crippen LogP contribution is -2.48. The van der Waals surface area contributed by atoms with Gasteiger partial charge in [0.2, 0.25) is 5.76 Å². The van der Waals surface area contributed by atoms with Gasteiger partial charge in [-0.15, -0.1) is 0 Å². The number of piperazine rings is 1. The second-order valence-electron chi connectivity index (χ2n) is 6.19. The summed E-state index contributed by atoms with van der Waals surface area (Å²) < 4.78 is 43.9. The number of anilines is 1. The average Bonchev–Trinajstić information content (AvgIpc) is 3.06. The van der Waals surface area contributed by atoms with E-state index in [0.29, 0.717) is 11.8 Å². The van der Waals surface area contributed by atoms with Crippen LogP contribution in [0.5, 0.6) is 0 Å². The zero-order chi connectivity index (χ0) is 20.6. The fourth-order valence-corrected chi connectivity index (χ4v) is 3.20. The van der Waals surface area contributed by atoms with Crippen molar-refractivity contribution in [2.45, 2.75) is 13.1 Å². The number of hydrogen-bond acceptors (Lipinski definition) is 6. The molecule has 0 aliphatic carbocycles. The molecule has 0 saturated carbocycles. The largest absolute Gasteiger partial charge is 0.418 e. The predicted molar refractivity (Wildman–Crippen MR) is 92.5 cm³/mol. The van der Waals surface area contributed by atoms with E-state index in [4.69, 9.17) is 16.1 Å². The zero-order valence-electron chi connectivity index (χ0n) is 14.5. The summed E-state index contributed by atoms with van der Waals surface area (Å²) in [6.07, 6.45) is -4.80. The molecule has 1 aliphatic heterocycles. The van der Waals surface area contributed by atoms with E-state index in [1.807, 2.05) is 0 Å². The van der Waals surface area contributed by atoms with Gasteiger partial charge in [0.25, 0.3) is 11.6 Å². The summed E-state index contributed by atoms with van der Waals surface area (Å²) in [4.78, 5) is 25.8. The van der Waals surface area contributed by atoms with E-state index in [2.05, 4.69) is 5.16 Å². The van der Waals surface area contributed by atoms with E-state index >= 15 is 0 Å². The molecule has 1 fully saturated rings. The third-order valence-electron chi connectivity index (χ3n) is 4.31. The highest BCUT2D eigenvalue weighted by atomic mass is 35.5. The van der Waals surface area contributed by atoms with Gasteiger partial charge in [-0.3, -0.25) is 14.9 Å². The van der Waals surface area contributed by atoms with Crippen LogP contribution in [0.1, 0.15) is 21.8 Å². The normalized spacial score (nSPS) is 15.0. The molecule has 28 heavy (non-hydrogen) atoms. The third kappa shape index (κ3) is 3.88. The van der Waals surface area contributed by atoms with Crippen LogP contribution in [0.4, 0.5) is 24.5 Å². The van der Waals surface area contributed by atoms with Crippen LogP contribution in [0.3, 0.4) is 0 Å². The van der Waals surface area contributed by atoms with E-state index in [-0.39, 0.29) is 43.5 Å². The van der Waals surface area contributed by atoms with E-state index < -0.39 is 27.4 Å². The van der Waals surface area contributed by atoms with Crippen LogP contribution >= 0.6 is 11.6 Å². The number of halogens is 4. The average molecular weight is 419 g/mol. The number of benzene rings is 1. The van der Waals surface area contributed by atoms with Crippen LogP contribution < -0.4 is 4.90 Å². The number of rotatable bonds is 3. The predicted octanol–water partition coefficient (Wildman–Crippen LogP) is 3.53. The smallest absolute Gasteiger partial charge is 0.362 e. The SMILES string of the molecule is Cc1cc(C(=O)N2CCN(c3cc(Cl)c(C(F)(F)F)cc3[N+](=O)[O-])CC2)on1. The Balaban J connectivity index is 1.81. The Hall–Kier alpha value is -2.82. The molecule has 0 radical (unpaired) electrons. The first-order valence-electron chi connectivity index (χ1n) is 8.10. The van der Waals surface area contributed by atoms with Crippen molar-refractivity contribution in [2.24, 2.45) is 0 Å². The lowest BCUT2D eigenvalue weighted by atomic mass is 10.1. The van der Waals surface area contributed by atoms with E-state index in [9.17, 15) is 28.1 Å². The third-order valence-corrected chi connectivity index (χ3v) is 4.63. The molecule has 0 unspecified atom stereocenters. The lowest BCUT2D eigenvalue weighted by molar-refractivity contribution is -0.384. The quantitative estimate of drug-likeness (QED) is 0.559. The molecule has 2 heterocycles. The van der Waals surface area contributed by atoms with Crippen LogP contribution in [0.15, 0.2) is 22.7 Å². The van der Waals surface area contributed by atoms with Gasteiger partial charge in [-0.05, 0) is 13.0 Å². The topological polar surface area (TPSA) is 92.7 Å². The first-order chi connectivity index (χ1) is 13.1. The fourth-order valence-electron chi connectivity index (χ4n) is 2.94. The maximum absolute atomic E-state index is 13.0. The molecule has 1 aromatic heterocycles. The number of carbonyl (C=O) groups is 1. The van der Waals surface area contributed by atoms with Crippen molar-refractivity contribution in [3.05, 3.63) is 50.4 Å². The van der Waals surface area contributed by atoms with E-state index in [1.165, 1.54) is 15.9 Å². The molecule has 1 amide bonds. The Labute approximate surface area is 161 Å². The molecule has 150 valence electrons. The summed E-state index contributed by atoms with van der Waals surface area (Å²) in [7, 11) is 0. The van der Waals surface area contributed by atoms with Crippen LogP contribution in [-0.2, 0) is 6.18 Å². The Kier molecular flexibility index (Phi) is 5.20. The highest BCUT2D eigenvalue weighted by Crippen LogP contribution is 2.41. The Morgan fingerprint density at radius 3 is 2.39 bits per heavy atom. The van der Waals surface area contributed by atoms with Gasteiger partial charge >= 0.3 is 6.18 Å². The number of nitro groups is 1. The second-order valence-corrected chi connectivity index (χ2v) is 6.59. The molecule has 2 aromatic rings. The summed E-state index contributed by atoms with van der Waals surface area (Å²) in [5, 5.41) is 14.3. The Bertz CT molecular complexity index is 923. The summed E-state index contributed by atoms with van der Waals surface area (Å²) in [6.45, 7) is 2.44. The molecule has 1 aromatic carbocycles. The van der Waals surface area contributed by atoms with Gasteiger partial charge in [0.15, 0.2) is 0 Å². The van der Waals surface area contributed by atoms with Gasteiger partial charge in [-0.1, -0.05) is 16.8 Å². The van der Waals surface area contributed by atoms with Gasteiger partial charge < -0.3 is 14.3 Å². The minimum absolute atomic E-state index is 0.0226. The standard InChI is InChI=1S/C16H14ClF3N4O4/c1-9-6-14(28-21-9)15(25)23-4-2-22(3-5-23)12-8-11(17)10(16(18,19)20)7-13(12)24(26)27/h6-8H,2-5H2,1H3. The van der Waals surface area contributed by atoms with Crippen LogP contribution in [0, 0.1) is 17.0 Å². The maximum Gasteiger partial charge on any atom is 0.418 e. The van der Waals surface area contributed by atoms with Crippen LogP contribution in [0.2, 0.25) is 5.02 Å². The van der Waals surface area contributed by atoms with Gasteiger partial charge in [0, 0.05) is 38.3 Å². The van der Waals surface area contributed by atoms with Crippen molar-refractivity contribution in [3.8, 4) is 0 Å². The van der Waals surface area contributed by atoms with Crippen molar-refractivity contribution in [1.82, 2.24) is 10.1 Å². The van der Waals surface area contributed by atoms with Crippen molar-refractivity contribution >= 4 is 28.9 Å². The number of aromatic nitrogens is 1. The number of carbonyl (C=O) groups excluding carboxylic acids is 1. The van der Waals surface area contributed by atoms with Crippen molar-refractivity contribution < 1.29 is 27.4 Å². The molecule has 3 rings (SSSR count). The number of aryl methyl sites for hydroxylation is 1. The van der Waals surface area contributed by atoms with Crippen molar-refractivity contribution in [1.29, 1.82) is 0 Å². The van der Waals surface area contributed by atoms with Gasteiger partial charge in [-0.25, -0.2) is 0 Å². The summed E-state index contributed by atoms with van der Waals surface area (Å²) in [5.74, 6) is -0.297. The molecule has 0 atom stereocenters. The van der Waals surface area contributed by atoms with E-state index in [0.717, 1.165) is 6.07 Å². The number of nitro benzene ring substituents is 1. The molecule has 1 aliphatic rings. The molecule has 8 nitrogen and oxygen atoms in total. The summed E-state index contributed by atoms with van der Waals surface area (Å²) >= 11 is 5.72. The Morgan fingerprint density at radius 2 is 1.89 bits per heavy atom. The monoisotopic (exact) mass is 418 g/mol. The zero-order valence-corrected chi connectivity index (χ0v) is 15.3. The summed E-state index contributed by atoms with van der Waals surface area (Å²) in [6, 6.07) is 2.88. The molecule has 0 spiro atoms. The second kappa shape index (κ2) is 7.30. The maximum atomic E-state index is 13.0. The van der Waals surface area contributed by atoms with Crippen molar-refractivity contribution in [3.63, 3.8) is 0 Å².